The highest BCUT2D eigenvalue weighted by molar-refractivity contribution is 7.17. The fourth-order valence-corrected chi connectivity index (χ4v) is 6.97. The van der Waals surface area contributed by atoms with E-state index in [1.807, 2.05) is 50.2 Å². The molecule has 0 saturated carbocycles. The lowest BCUT2D eigenvalue weighted by molar-refractivity contribution is 0.570. The Morgan fingerprint density at radius 3 is 2.32 bits per heavy atom. The summed E-state index contributed by atoms with van der Waals surface area (Å²) in [6.07, 6.45) is 0. The summed E-state index contributed by atoms with van der Waals surface area (Å²) in [4.78, 5) is 0. The molecular formula is C37H26Cl2OS. The van der Waals surface area contributed by atoms with Gasteiger partial charge in [-0.15, -0.1) is 11.3 Å². The third kappa shape index (κ3) is 4.57. The predicted octanol–water partition coefficient (Wildman–Crippen LogP) is 12.1. The van der Waals surface area contributed by atoms with Crippen LogP contribution in [0.25, 0.3) is 43.3 Å². The molecular weight excluding hydrogens is 563 g/mol. The number of aryl methyl sites for hydroxylation is 2. The van der Waals surface area contributed by atoms with Crippen LogP contribution in [0.15, 0.2) is 119 Å². The summed E-state index contributed by atoms with van der Waals surface area (Å²) >= 11 is 15.6. The molecule has 0 bridgehead atoms. The van der Waals surface area contributed by atoms with Crippen molar-refractivity contribution in [3.05, 3.63) is 153 Å². The van der Waals surface area contributed by atoms with E-state index in [1.165, 1.54) is 0 Å². The third-order valence-corrected chi connectivity index (χ3v) is 9.52. The summed E-state index contributed by atoms with van der Waals surface area (Å²) < 4.78 is 49.5. The average Bonchev–Trinajstić information content (AvgIpc) is 3.61. The molecule has 7 aromatic rings. The highest BCUT2D eigenvalue weighted by Gasteiger charge is 2.28. The van der Waals surface area contributed by atoms with E-state index < -0.39 is 24.0 Å². The Hall–Kier alpha value is -3.82. The van der Waals surface area contributed by atoms with Crippen LogP contribution in [0.3, 0.4) is 0 Å². The van der Waals surface area contributed by atoms with Crippen molar-refractivity contribution in [2.45, 2.75) is 19.8 Å². The number of rotatable bonds is 5. The Labute approximate surface area is 260 Å². The largest absolute Gasteiger partial charge is 0.461 e. The topological polar surface area (TPSA) is 13.1 Å². The molecule has 41 heavy (non-hydrogen) atoms. The molecule has 7 rings (SSSR count). The van der Waals surface area contributed by atoms with Gasteiger partial charge < -0.3 is 4.42 Å². The zero-order valence-electron chi connectivity index (χ0n) is 27.2. The number of hydrogen-bond acceptors (Lipinski definition) is 2. The first-order valence-corrected chi connectivity index (χ1v) is 14.8. The van der Waals surface area contributed by atoms with Crippen molar-refractivity contribution in [3.8, 4) is 22.3 Å². The van der Waals surface area contributed by atoms with Crippen molar-refractivity contribution < 1.29 is 11.3 Å². The van der Waals surface area contributed by atoms with Crippen LogP contribution in [-0.2, 0) is 0 Å². The smallest absolute Gasteiger partial charge is 0.138 e. The molecule has 200 valence electrons. The summed E-state index contributed by atoms with van der Waals surface area (Å²) in [5.41, 5.74) is 6.93. The van der Waals surface area contributed by atoms with Crippen molar-refractivity contribution in [1.29, 1.82) is 0 Å². The van der Waals surface area contributed by atoms with Crippen LogP contribution in [0.5, 0.6) is 0 Å². The van der Waals surface area contributed by atoms with E-state index in [9.17, 15) is 0 Å². The summed E-state index contributed by atoms with van der Waals surface area (Å²) in [6, 6.07) is 24.2. The van der Waals surface area contributed by atoms with E-state index in [-0.39, 0.29) is 22.7 Å². The summed E-state index contributed by atoms with van der Waals surface area (Å²) in [7, 11) is 0. The number of thiophene rings is 1. The van der Waals surface area contributed by atoms with Gasteiger partial charge in [0.25, 0.3) is 0 Å². The first-order chi connectivity index (χ1) is 22.1. The standard InChI is InChI=1S/C37H26Cl2OS/c1-22-23(2)40-37-28(22)14-9-15-29(37)35(31-19-27(20-33(38)36(31)39)25-12-7-4-8-13-25)32-21-41-34-17-16-26(18-30(32)34)24-10-5-3-6-11-24/h3-21,35H,1-2H3/i4D,7D,8D,12D,13D. The summed E-state index contributed by atoms with van der Waals surface area (Å²) in [5.74, 6) is 0.350. The van der Waals surface area contributed by atoms with Gasteiger partial charge in [0.2, 0.25) is 0 Å². The maximum Gasteiger partial charge on any atom is 0.138 e. The highest BCUT2D eigenvalue weighted by atomic mass is 35.5. The lowest BCUT2D eigenvalue weighted by atomic mass is 9.82. The predicted molar refractivity (Wildman–Crippen MR) is 176 cm³/mol. The quantitative estimate of drug-likeness (QED) is 0.193. The molecule has 4 heteroatoms. The van der Waals surface area contributed by atoms with Gasteiger partial charge in [0.05, 0.1) is 16.9 Å². The Balaban J connectivity index is 1.56. The molecule has 1 nitrogen and oxygen atoms in total. The molecule has 5 aromatic carbocycles. The molecule has 0 aliphatic heterocycles. The molecule has 1 atom stereocenters. The normalized spacial score (nSPS) is 14.0. The van der Waals surface area contributed by atoms with E-state index in [1.54, 1.807) is 23.5 Å². The highest BCUT2D eigenvalue weighted by Crippen LogP contribution is 2.47. The van der Waals surface area contributed by atoms with Gasteiger partial charge in [-0.25, -0.2) is 0 Å². The number of halogens is 2. The zero-order chi connectivity index (χ0) is 32.4. The molecule has 0 fully saturated rings. The fourth-order valence-electron chi connectivity index (χ4n) is 5.55. The molecule has 0 amide bonds. The Bertz CT molecular complexity index is 2300. The molecule has 2 aromatic heterocycles. The van der Waals surface area contributed by atoms with Gasteiger partial charge in [-0.05, 0) is 87.8 Å². The minimum absolute atomic E-state index is 0.0639. The van der Waals surface area contributed by atoms with Crippen molar-refractivity contribution in [2.75, 3.05) is 0 Å². The second kappa shape index (κ2) is 10.5. The Kier molecular flexibility index (Phi) is 5.39. The van der Waals surface area contributed by atoms with Crippen LogP contribution in [0.1, 0.15) is 40.8 Å². The monoisotopic (exact) mass is 593 g/mol. The first kappa shape index (κ1) is 21.0. The number of benzene rings is 5. The summed E-state index contributed by atoms with van der Waals surface area (Å²) in [5, 5.41) is 4.71. The molecule has 0 radical (unpaired) electrons. The van der Waals surface area contributed by atoms with Crippen LogP contribution < -0.4 is 0 Å². The molecule has 0 spiro atoms. The molecule has 0 saturated heterocycles. The third-order valence-electron chi connectivity index (χ3n) is 7.72. The SMILES string of the molecule is [2H]c1c([2H])c([2H])c(-c2cc(Cl)c(Cl)c(C(c3csc4ccc(-c5ccccc5)cc34)c3cccc4c(C)c(C)oc34)c2)c([2H])c1[2H]. The number of para-hydroxylation sites is 1. The molecule has 0 N–H and O–H groups in total. The zero-order valence-corrected chi connectivity index (χ0v) is 24.6. The van der Waals surface area contributed by atoms with Gasteiger partial charge in [-0.2, -0.15) is 0 Å². The molecule has 0 aliphatic carbocycles. The van der Waals surface area contributed by atoms with E-state index in [2.05, 4.69) is 35.7 Å². The van der Waals surface area contributed by atoms with E-state index in [0.717, 1.165) is 54.6 Å². The van der Waals surface area contributed by atoms with Crippen molar-refractivity contribution in [1.82, 2.24) is 0 Å². The second-order valence-electron chi connectivity index (χ2n) is 10.1. The van der Waals surface area contributed by atoms with Crippen LogP contribution >= 0.6 is 34.5 Å². The number of fused-ring (bicyclic) bond motifs is 2. The van der Waals surface area contributed by atoms with Gasteiger partial charge >= 0.3 is 0 Å². The maximum absolute atomic E-state index is 8.66. The van der Waals surface area contributed by atoms with Crippen molar-refractivity contribution in [3.63, 3.8) is 0 Å². The van der Waals surface area contributed by atoms with Gasteiger partial charge in [0, 0.05) is 21.6 Å². The maximum atomic E-state index is 8.66. The minimum atomic E-state index is -0.469. The minimum Gasteiger partial charge on any atom is -0.461 e. The van der Waals surface area contributed by atoms with E-state index in [4.69, 9.17) is 34.5 Å². The number of furan rings is 1. The Morgan fingerprint density at radius 1 is 0.707 bits per heavy atom. The summed E-state index contributed by atoms with van der Waals surface area (Å²) in [6.45, 7) is 3.98. The fraction of sp³-hybridized carbons (Fsp3) is 0.0811. The Morgan fingerprint density at radius 2 is 1.51 bits per heavy atom. The second-order valence-corrected chi connectivity index (χ2v) is 11.8. The van der Waals surface area contributed by atoms with E-state index in [0.29, 0.717) is 16.1 Å². The van der Waals surface area contributed by atoms with Crippen molar-refractivity contribution >= 4 is 55.6 Å². The molecule has 2 heterocycles. The van der Waals surface area contributed by atoms with Crippen LogP contribution in [-0.4, -0.2) is 0 Å². The lowest BCUT2D eigenvalue weighted by Gasteiger charge is -2.22. The van der Waals surface area contributed by atoms with Gasteiger partial charge in [0.15, 0.2) is 0 Å². The van der Waals surface area contributed by atoms with Crippen LogP contribution in [0.2, 0.25) is 10.0 Å². The molecule has 1 unspecified atom stereocenters. The van der Waals surface area contributed by atoms with Gasteiger partial charge in [0.1, 0.15) is 11.3 Å². The lowest BCUT2D eigenvalue weighted by Crippen LogP contribution is -2.05. The van der Waals surface area contributed by atoms with Gasteiger partial charge in [-0.3, -0.25) is 0 Å². The first-order valence-electron chi connectivity index (χ1n) is 15.7. The van der Waals surface area contributed by atoms with Crippen LogP contribution in [0.4, 0.5) is 0 Å². The average molecular weight is 595 g/mol. The van der Waals surface area contributed by atoms with Crippen molar-refractivity contribution in [2.24, 2.45) is 0 Å². The molecule has 0 aliphatic rings. The van der Waals surface area contributed by atoms with E-state index >= 15 is 0 Å². The van der Waals surface area contributed by atoms with Gasteiger partial charge in [-0.1, -0.05) is 108 Å². The number of hydrogen-bond donors (Lipinski definition) is 0. The van der Waals surface area contributed by atoms with Crippen LogP contribution in [0, 0.1) is 13.8 Å².